The maximum Gasteiger partial charge on any atom is 0.347 e. The van der Waals surface area contributed by atoms with E-state index in [1.54, 1.807) is 4.57 Å². The van der Waals surface area contributed by atoms with Crippen LogP contribution in [0, 0.1) is 0 Å². The van der Waals surface area contributed by atoms with Crippen molar-refractivity contribution in [2.45, 2.75) is 37.0 Å². The monoisotopic (exact) mass is 388 g/mol. The molecular formula is C23H24N4O2. The summed E-state index contributed by atoms with van der Waals surface area (Å²) in [5.74, 6) is 1.17. The van der Waals surface area contributed by atoms with Crippen molar-refractivity contribution in [3.8, 4) is 5.69 Å². The van der Waals surface area contributed by atoms with E-state index in [0.717, 1.165) is 42.8 Å². The lowest BCUT2D eigenvalue weighted by atomic mass is 9.91. The molecule has 1 amide bonds. The Morgan fingerprint density at radius 1 is 0.966 bits per heavy atom. The highest BCUT2D eigenvalue weighted by Gasteiger charge is 2.53. The van der Waals surface area contributed by atoms with Crippen molar-refractivity contribution in [2.75, 3.05) is 13.1 Å². The zero-order valence-electron chi connectivity index (χ0n) is 16.3. The van der Waals surface area contributed by atoms with Crippen molar-refractivity contribution in [3.63, 3.8) is 0 Å². The molecule has 0 spiro atoms. The zero-order valence-corrected chi connectivity index (χ0v) is 16.3. The summed E-state index contributed by atoms with van der Waals surface area (Å²) in [6.45, 7) is 1.40. The lowest BCUT2D eigenvalue weighted by molar-refractivity contribution is -0.135. The molecule has 29 heavy (non-hydrogen) atoms. The molecule has 6 nitrogen and oxygen atoms in total. The standard InChI is InChI=1S/C23H24N4O2/c28-21(23(13-14-23)18-7-3-1-4-8-18)26-15-11-17(12-16-26)20-24-25-22(29)27(20)19-9-5-2-6-10-19/h1-10,17H,11-16H2,(H,25,29). The Morgan fingerprint density at radius 2 is 1.59 bits per heavy atom. The number of carbonyl (C=O) groups is 1. The van der Waals surface area contributed by atoms with E-state index < -0.39 is 0 Å². The average Bonchev–Trinajstić information content (AvgIpc) is 3.51. The molecule has 0 bridgehead atoms. The summed E-state index contributed by atoms with van der Waals surface area (Å²) in [6.07, 6.45) is 3.49. The molecule has 5 rings (SSSR count). The van der Waals surface area contributed by atoms with Crippen LogP contribution in [0.1, 0.15) is 43.0 Å². The minimum atomic E-state index is -0.313. The number of benzene rings is 2. The van der Waals surface area contributed by atoms with Crippen molar-refractivity contribution < 1.29 is 4.79 Å². The van der Waals surface area contributed by atoms with Crippen LogP contribution in [0.2, 0.25) is 0 Å². The van der Waals surface area contributed by atoms with Gasteiger partial charge in [0, 0.05) is 19.0 Å². The van der Waals surface area contributed by atoms with Crippen molar-refractivity contribution in [1.29, 1.82) is 0 Å². The van der Waals surface area contributed by atoms with E-state index in [0.29, 0.717) is 13.1 Å². The normalized spacial score (nSPS) is 18.6. The number of piperidine rings is 1. The second kappa shape index (κ2) is 7.03. The number of para-hydroxylation sites is 1. The number of carbonyl (C=O) groups excluding carboxylic acids is 1. The van der Waals surface area contributed by atoms with E-state index in [-0.39, 0.29) is 22.9 Å². The number of H-pyrrole nitrogens is 1. The van der Waals surface area contributed by atoms with E-state index in [1.807, 2.05) is 53.4 Å². The first-order chi connectivity index (χ1) is 14.2. The van der Waals surface area contributed by atoms with Crippen molar-refractivity contribution in [2.24, 2.45) is 0 Å². The van der Waals surface area contributed by atoms with Crippen LogP contribution in [-0.2, 0) is 10.2 Å². The number of hydrogen-bond donors (Lipinski definition) is 1. The number of amides is 1. The number of hydrogen-bond acceptors (Lipinski definition) is 3. The molecule has 2 aliphatic rings. The number of aromatic nitrogens is 3. The van der Waals surface area contributed by atoms with Gasteiger partial charge in [-0.25, -0.2) is 14.5 Å². The second-order valence-corrected chi connectivity index (χ2v) is 8.07. The summed E-state index contributed by atoms with van der Waals surface area (Å²) in [5, 5.41) is 6.92. The van der Waals surface area contributed by atoms with Crippen LogP contribution >= 0.6 is 0 Å². The summed E-state index contributed by atoms with van der Waals surface area (Å²) in [4.78, 5) is 27.6. The van der Waals surface area contributed by atoms with Crippen molar-refractivity contribution in [1.82, 2.24) is 19.7 Å². The number of nitrogens with one attached hydrogen (secondary N) is 1. The minimum Gasteiger partial charge on any atom is -0.342 e. The molecule has 0 atom stereocenters. The van der Waals surface area contributed by atoms with Crippen LogP contribution in [0.25, 0.3) is 5.69 Å². The first-order valence-corrected chi connectivity index (χ1v) is 10.3. The molecule has 1 aliphatic heterocycles. The van der Waals surface area contributed by atoms with E-state index in [9.17, 15) is 9.59 Å². The van der Waals surface area contributed by atoms with Crippen LogP contribution in [0.15, 0.2) is 65.5 Å². The van der Waals surface area contributed by atoms with Crippen LogP contribution < -0.4 is 5.69 Å². The first-order valence-electron chi connectivity index (χ1n) is 10.3. The minimum absolute atomic E-state index is 0.157. The number of aromatic amines is 1. The summed E-state index contributed by atoms with van der Waals surface area (Å²) in [7, 11) is 0. The highest BCUT2D eigenvalue weighted by molar-refractivity contribution is 5.91. The van der Waals surface area contributed by atoms with Crippen molar-refractivity contribution in [3.05, 3.63) is 82.5 Å². The molecule has 2 fully saturated rings. The fourth-order valence-electron chi connectivity index (χ4n) is 4.56. The van der Waals surface area contributed by atoms with Gasteiger partial charge < -0.3 is 4.90 Å². The van der Waals surface area contributed by atoms with Crippen LogP contribution in [0.5, 0.6) is 0 Å². The third-order valence-corrected chi connectivity index (χ3v) is 6.35. The van der Waals surface area contributed by atoms with E-state index >= 15 is 0 Å². The first kappa shape index (κ1) is 17.9. The smallest absolute Gasteiger partial charge is 0.342 e. The fraction of sp³-hybridized carbons (Fsp3) is 0.348. The number of nitrogens with zero attached hydrogens (tertiary/aromatic N) is 3. The molecule has 2 heterocycles. The third kappa shape index (κ3) is 3.09. The van der Waals surface area contributed by atoms with E-state index in [2.05, 4.69) is 22.3 Å². The van der Waals surface area contributed by atoms with Gasteiger partial charge in [-0.05, 0) is 43.4 Å². The molecule has 6 heteroatoms. The van der Waals surface area contributed by atoms with Crippen LogP contribution in [0.4, 0.5) is 0 Å². The van der Waals surface area contributed by atoms with Gasteiger partial charge in [0.05, 0.1) is 11.1 Å². The van der Waals surface area contributed by atoms with Gasteiger partial charge in [-0.3, -0.25) is 4.79 Å². The Bertz CT molecular complexity index is 1060. The van der Waals surface area contributed by atoms with Gasteiger partial charge in [0.25, 0.3) is 0 Å². The summed E-state index contributed by atoms with van der Waals surface area (Å²) in [5.41, 5.74) is 1.43. The van der Waals surface area contributed by atoms with Gasteiger partial charge >= 0.3 is 5.69 Å². The molecule has 1 saturated heterocycles. The van der Waals surface area contributed by atoms with Gasteiger partial charge in [-0.2, -0.15) is 5.10 Å². The molecule has 1 N–H and O–H groups in total. The lowest BCUT2D eigenvalue weighted by Crippen LogP contribution is -2.44. The van der Waals surface area contributed by atoms with Gasteiger partial charge in [-0.15, -0.1) is 0 Å². The molecule has 2 aromatic carbocycles. The molecule has 1 aromatic heterocycles. The number of rotatable bonds is 4. The Labute approximate surface area is 169 Å². The van der Waals surface area contributed by atoms with Crippen LogP contribution in [0.3, 0.4) is 0 Å². The van der Waals surface area contributed by atoms with Crippen LogP contribution in [-0.4, -0.2) is 38.7 Å². The highest BCUT2D eigenvalue weighted by atomic mass is 16.2. The zero-order chi connectivity index (χ0) is 19.8. The summed E-state index contributed by atoms with van der Waals surface area (Å²) < 4.78 is 1.66. The largest absolute Gasteiger partial charge is 0.347 e. The highest BCUT2D eigenvalue weighted by Crippen LogP contribution is 2.50. The Morgan fingerprint density at radius 3 is 2.21 bits per heavy atom. The topological polar surface area (TPSA) is 71.0 Å². The lowest BCUT2D eigenvalue weighted by Gasteiger charge is -2.34. The van der Waals surface area contributed by atoms with Crippen molar-refractivity contribution >= 4 is 5.91 Å². The van der Waals surface area contributed by atoms with Gasteiger partial charge in [0.2, 0.25) is 5.91 Å². The van der Waals surface area contributed by atoms with E-state index in [1.165, 1.54) is 0 Å². The molecule has 0 unspecified atom stereocenters. The SMILES string of the molecule is O=C(N1CCC(c2n[nH]c(=O)n2-c2ccccc2)CC1)C1(c2ccccc2)CC1. The fourth-order valence-corrected chi connectivity index (χ4v) is 4.56. The maximum atomic E-state index is 13.3. The molecule has 1 saturated carbocycles. The number of likely N-dealkylation sites (tertiary alicyclic amines) is 1. The average molecular weight is 388 g/mol. The predicted octanol–water partition coefficient (Wildman–Crippen LogP) is 3.00. The second-order valence-electron chi connectivity index (χ2n) is 8.07. The molecule has 1 aliphatic carbocycles. The molecule has 3 aromatic rings. The third-order valence-electron chi connectivity index (χ3n) is 6.35. The summed E-state index contributed by atoms with van der Waals surface area (Å²) >= 11 is 0. The predicted molar refractivity (Wildman–Crippen MR) is 110 cm³/mol. The maximum absolute atomic E-state index is 13.3. The van der Waals surface area contributed by atoms with Gasteiger partial charge in [0.1, 0.15) is 5.82 Å². The Balaban J connectivity index is 1.32. The van der Waals surface area contributed by atoms with Gasteiger partial charge in [-0.1, -0.05) is 48.5 Å². The Hall–Kier alpha value is -3.15. The Kier molecular flexibility index (Phi) is 4.34. The van der Waals surface area contributed by atoms with E-state index in [4.69, 9.17) is 0 Å². The molecule has 148 valence electrons. The molecule has 0 radical (unpaired) electrons. The van der Waals surface area contributed by atoms with Gasteiger partial charge in [0.15, 0.2) is 0 Å². The summed E-state index contributed by atoms with van der Waals surface area (Å²) in [6, 6.07) is 19.7. The molecular weight excluding hydrogens is 364 g/mol. The quantitative estimate of drug-likeness (QED) is 0.747.